The quantitative estimate of drug-likeness (QED) is 0.160. The number of anilines is 5. The van der Waals surface area contributed by atoms with Gasteiger partial charge in [-0.3, -0.25) is 0 Å². The van der Waals surface area contributed by atoms with Gasteiger partial charge in [-0.05, 0) is 137 Å². The van der Waals surface area contributed by atoms with Crippen LogP contribution in [0.25, 0.3) is 82.5 Å². The molecule has 0 atom stereocenters. The Hall–Kier alpha value is -8.54. The first-order valence-corrected chi connectivity index (χ1v) is 23.5. The highest BCUT2D eigenvalue weighted by atomic mass is 16.3. The van der Waals surface area contributed by atoms with E-state index in [0.29, 0.717) is 0 Å². The fraction of sp³-hybridized carbons (Fsp3) is 0.0794. The summed E-state index contributed by atoms with van der Waals surface area (Å²) in [7, 11) is 0. The summed E-state index contributed by atoms with van der Waals surface area (Å²) < 4.78 is 19.2. The minimum Gasteiger partial charge on any atom is -0.456 e. The summed E-state index contributed by atoms with van der Waals surface area (Å²) in [5.41, 5.74) is 19.6. The Morgan fingerprint density at radius 1 is 0.353 bits per heavy atom. The van der Waals surface area contributed by atoms with Crippen molar-refractivity contribution in [2.45, 2.75) is 32.1 Å². The third-order valence-corrected chi connectivity index (χ3v) is 14.6. The lowest BCUT2D eigenvalue weighted by Crippen LogP contribution is -2.17. The van der Waals surface area contributed by atoms with Crippen LogP contribution < -0.4 is 9.80 Å². The minimum absolute atomic E-state index is 0.0758. The summed E-state index contributed by atoms with van der Waals surface area (Å²) in [6.45, 7) is 4.67. The average Bonchev–Trinajstić information content (AvgIpc) is 4.12. The first-order valence-electron chi connectivity index (χ1n) is 23.5. The van der Waals surface area contributed by atoms with Crippen LogP contribution in [0.4, 0.5) is 28.4 Å². The van der Waals surface area contributed by atoms with E-state index in [1.54, 1.807) is 0 Å². The molecule has 5 heteroatoms. The van der Waals surface area contributed by atoms with Crippen molar-refractivity contribution in [1.29, 1.82) is 0 Å². The van der Waals surface area contributed by atoms with E-state index in [1.807, 2.05) is 36.4 Å². The molecule has 14 rings (SSSR count). The highest BCUT2D eigenvalue weighted by molar-refractivity contribution is 6.09. The Labute approximate surface area is 393 Å². The van der Waals surface area contributed by atoms with Gasteiger partial charge in [-0.1, -0.05) is 117 Å². The van der Waals surface area contributed by atoms with Gasteiger partial charge in [0.25, 0.3) is 0 Å². The molecule has 9 aromatic carbocycles. The van der Waals surface area contributed by atoms with E-state index in [-0.39, 0.29) is 5.41 Å². The number of hydrogen-bond donors (Lipinski definition) is 0. The van der Waals surface area contributed by atoms with Gasteiger partial charge in [-0.25, -0.2) is 0 Å². The standard InChI is InChI=1S/C63H44N2O3/c1-63(2)55-15-7-3-11-47(55)53-35-43(29-33-56(53)63)64(45-27-31-51-48-12-4-8-16-57(48)67-61(51)37-45)41-23-19-39(20-24-41)40-21-25-42(26-22-40)65(44-30-34-60-54(36-44)50-14-6-10-18-59(50)66-60)46-28-32-52-49-13-5-9-17-58(49)68-62(52)38-46/h3-21,23-25,27-38H,22,26H2,1-2H3. The van der Waals surface area contributed by atoms with Crippen molar-refractivity contribution in [2.75, 3.05) is 9.80 Å². The van der Waals surface area contributed by atoms with Crippen molar-refractivity contribution < 1.29 is 13.3 Å². The molecule has 0 spiro atoms. The van der Waals surface area contributed by atoms with E-state index in [9.17, 15) is 0 Å². The van der Waals surface area contributed by atoms with Crippen LogP contribution in [0, 0.1) is 0 Å². The zero-order valence-electron chi connectivity index (χ0n) is 37.7. The fourth-order valence-corrected chi connectivity index (χ4v) is 11.2. The van der Waals surface area contributed by atoms with Crippen LogP contribution in [0.15, 0.2) is 225 Å². The number of fused-ring (bicyclic) bond motifs is 12. The minimum atomic E-state index is -0.0758. The van der Waals surface area contributed by atoms with E-state index in [4.69, 9.17) is 13.3 Å². The normalized spacial score (nSPS) is 14.2. The molecule has 0 N–H and O–H groups in total. The summed E-state index contributed by atoms with van der Waals surface area (Å²) in [6, 6.07) is 69.5. The lowest BCUT2D eigenvalue weighted by Gasteiger charge is -2.30. The summed E-state index contributed by atoms with van der Waals surface area (Å²) >= 11 is 0. The van der Waals surface area contributed by atoms with Crippen LogP contribution in [0.3, 0.4) is 0 Å². The summed E-state index contributed by atoms with van der Waals surface area (Å²) in [5, 5.41) is 6.69. The van der Waals surface area contributed by atoms with Crippen LogP contribution in [0.5, 0.6) is 0 Å². The molecule has 2 aliphatic rings. The van der Waals surface area contributed by atoms with Gasteiger partial charge < -0.3 is 23.1 Å². The lowest BCUT2D eigenvalue weighted by molar-refractivity contribution is 0.660. The van der Waals surface area contributed by atoms with Crippen LogP contribution in [-0.2, 0) is 5.41 Å². The van der Waals surface area contributed by atoms with Crippen molar-refractivity contribution in [3.63, 3.8) is 0 Å². The summed E-state index contributed by atoms with van der Waals surface area (Å²) in [5.74, 6) is 0. The van der Waals surface area contributed by atoms with Gasteiger partial charge in [0.05, 0.1) is 0 Å². The molecule has 2 aliphatic carbocycles. The lowest BCUT2D eigenvalue weighted by atomic mass is 9.82. The number of hydrogen-bond acceptors (Lipinski definition) is 5. The van der Waals surface area contributed by atoms with Gasteiger partial charge in [0.15, 0.2) is 0 Å². The number of allylic oxidation sites excluding steroid dienone is 4. The third-order valence-electron chi connectivity index (χ3n) is 14.6. The largest absolute Gasteiger partial charge is 0.456 e. The SMILES string of the molecule is CC1(C)c2ccccc2-c2cc(N(c3ccc(C4=CC=C(N(c5ccc6c(c5)oc5ccccc56)c5ccc6oc7ccccc7c6c5)CC4)cc3)c3ccc4c(c3)oc3ccccc34)ccc21. The number of furan rings is 3. The van der Waals surface area contributed by atoms with E-state index in [1.165, 1.54) is 39.1 Å². The first-order chi connectivity index (χ1) is 33.4. The molecule has 0 saturated heterocycles. The Kier molecular flexibility index (Phi) is 8.39. The molecule has 12 aromatic rings. The molecule has 68 heavy (non-hydrogen) atoms. The number of nitrogens with zero attached hydrogens (tertiary/aromatic N) is 2. The van der Waals surface area contributed by atoms with Crippen LogP contribution in [-0.4, -0.2) is 0 Å². The van der Waals surface area contributed by atoms with E-state index in [2.05, 4.69) is 194 Å². The predicted molar refractivity (Wildman–Crippen MR) is 281 cm³/mol. The molecule has 0 aliphatic heterocycles. The smallest absolute Gasteiger partial charge is 0.137 e. The van der Waals surface area contributed by atoms with Gasteiger partial charge in [0.2, 0.25) is 0 Å². The summed E-state index contributed by atoms with van der Waals surface area (Å²) in [4.78, 5) is 4.76. The van der Waals surface area contributed by atoms with Crippen molar-refractivity contribution >= 4 is 99.8 Å². The highest BCUT2D eigenvalue weighted by Crippen LogP contribution is 2.51. The number of para-hydroxylation sites is 3. The zero-order chi connectivity index (χ0) is 45.1. The predicted octanol–water partition coefficient (Wildman–Crippen LogP) is 18.1. The molecule has 0 amide bonds. The van der Waals surface area contributed by atoms with Gasteiger partial charge in [0, 0.05) is 84.0 Å². The maximum Gasteiger partial charge on any atom is 0.137 e. The van der Waals surface area contributed by atoms with Gasteiger partial charge >= 0.3 is 0 Å². The molecule has 0 saturated carbocycles. The molecular weight excluding hydrogens is 833 g/mol. The topological polar surface area (TPSA) is 45.9 Å². The molecule has 5 nitrogen and oxygen atoms in total. The van der Waals surface area contributed by atoms with Gasteiger partial charge in [0.1, 0.15) is 33.5 Å². The molecule has 0 bridgehead atoms. The molecule has 324 valence electrons. The molecule has 3 aromatic heterocycles. The highest BCUT2D eigenvalue weighted by Gasteiger charge is 2.35. The van der Waals surface area contributed by atoms with Crippen LogP contribution >= 0.6 is 0 Å². The van der Waals surface area contributed by atoms with E-state index < -0.39 is 0 Å². The van der Waals surface area contributed by atoms with Crippen molar-refractivity contribution in [1.82, 2.24) is 0 Å². The molecule has 3 heterocycles. The second-order valence-electron chi connectivity index (χ2n) is 18.8. The van der Waals surface area contributed by atoms with E-state index >= 15 is 0 Å². The van der Waals surface area contributed by atoms with Crippen molar-refractivity contribution in [3.8, 4) is 11.1 Å². The van der Waals surface area contributed by atoms with Gasteiger partial charge in [-0.15, -0.1) is 0 Å². The van der Waals surface area contributed by atoms with E-state index in [0.717, 1.165) is 107 Å². The number of rotatable bonds is 7. The van der Waals surface area contributed by atoms with Crippen molar-refractivity contribution in [2.24, 2.45) is 0 Å². The van der Waals surface area contributed by atoms with Crippen LogP contribution in [0.2, 0.25) is 0 Å². The molecular formula is C63H44N2O3. The van der Waals surface area contributed by atoms with Crippen molar-refractivity contribution in [3.05, 3.63) is 229 Å². The second-order valence-corrected chi connectivity index (χ2v) is 18.8. The first kappa shape index (κ1) is 38.7. The third kappa shape index (κ3) is 5.95. The number of benzene rings is 9. The zero-order valence-corrected chi connectivity index (χ0v) is 37.7. The molecule has 0 unspecified atom stereocenters. The Morgan fingerprint density at radius 2 is 0.838 bits per heavy atom. The summed E-state index contributed by atoms with van der Waals surface area (Å²) in [6.07, 6.45) is 6.34. The van der Waals surface area contributed by atoms with Gasteiger partial charge in [-0.2, -0.15) is 0 Å². The average molecular weight is 877 g/mol. The maximum absolute atomic E-state index is 6.45. The maximum atomic E-state index is 6.45. The Balaban J connectivity index is 0.851. The molecule has 0 fully saturated rings. The fourth-order valence-electron chi connectivity index (χ4n) is 11.2. The van der Waals surface area contributed by atoms with Crippen LogP contribution in [0.1, 0.15) is 43.4 Å². The Morgan fingerprint density at radius 3 is 1.50 bits per heavy atom. The molecule has 0 radical (unpaired) electrons. The Bertz CT molecular complexity index is 4080. The monoisotopic (exact) mass is 876 g/mol. The second kappa shape index (κ2) is 14.7.